The van der Waals surface area contributed by atoms with Crippen LogP contribution in [-0.2, 0) is 37.0 Å². The van der Waals surface area contributed by atoms with Crippen LogP contribution in [0.5, 0.6) is 0 Å². The summed E-state index contributed by atoms with van der Waals surface area (Å²) >= 11 is 0. The van der Waals surface area contributed by atoms with Crippen LogP contribution < -0.4 is 0 Å². The highest BCUT2D eigenvalue weighted by molar-refractivity contribution is 5.70. The van der Waals surface area contributed by atoms with Gasteiger partial charge < -0.3 is 14.6 Å². The van der Waals surface area contributed by atoms with Gasteiger partial charge in [0, 0.05) is 11.8 Å². The largest absolute Gasteiger partial charge is 0.481 e. The van der Waals surface area contributed by atoms with Gasteiger partial charge in [-0.1, -0.05) is 162 Å². The van der Waals surface area contributed by atoms with Crippen molar-refractivity contribution in [1.29, 1.82) is 0 Å². The molecule has 1 unspecified atom stereocenters. The molecule has 9 nitrogen and oxygen atoms in total. The van der Waals surface area contributed by atoms with Crippen molar-refractivity contribution < 1.29 is 29.0 Å². The fraction of sp³-hybridized carbons (Fsp3) is 0.870. The Hall–Kier alpha value is -2.71. The summed E-state index contributed by atoms with van der Waals surface area (Å²) in [5.74, 6) is 0.120. The lowest BCUT2D eigenvalue weighted by molar-refractivity contribution is -0.213. The molecular weight excluding hydrogens is 787 g/mol. The van der Waals surface area contributed by atoms with Gasteiger partial charge in [-0.05, 0) is 115 Å². The Kier molecular flexibility index (Phi) is 16.5. The highest BCUT2D eigenvalue weighted by Gasteiger charge is 2.68. The molecule has 0 aromatic carbocycles. The van der Waals surface area contributed by atoms with Crippen LogP contribution in [0, 0.1) is 50.2 Å². The number of carboxylic acid groups (broad SMARTS) is 1. The molecule has 4 saturated carbocycles. The van der Waals surface area contributed by atoms with Crippen LogP contribution in [0.3, 0.4) is 0 Å². The van der Waals surface area contributed by atoms with Crippen molar-refractivity contribution in [3.63, 3.8) is 0 Å². The third-order valence-corrected chi connectivity index (χ3v) is 18.8. The van der Waals surface area contributed by atoms with Gasteiger partial charge in [-0.2, -0.15) is 0 Å². The third kappa shape index (κ3) is 11.1. The molecule has 5 aliphatic carbocycles. The number of esters is 2. The summed E-state index contributed by atoms with van der Waals surface area (Å²) in [6.45, 7) is 19.4. The van der Waals surface area contributed by atoms with Gasteiger partial charge in [0.2, 0.25) is 0 Å². The Labute approximate surface area is 382 Å². The van der Waals surface area contributed by atoms with Crippen LogP contribution in [0.4, 0.5) is 0 Å². The SMILES string of the molecule is CCCCCCCCCCCCCCCCCC(=O)OCc1cn(CC(=O)O[C@H]2CC[C@@]3(C)C(CC[C@]4(C)[C@@H]3CC=C3[C@H]5CC(C)(C)CC[C@]5(CC(=O)O)CC[C@]34C)C2(C)C)nn1. The molecule has 0 amide bonds. The minimum absolute atomic E-state index is 0.0252. The topological polar surface area (TPSA) is 121 Å². The summed E-state index contributed by atoms with van der Waals surface area (Å²) < 4.78 is 13.4. The van der Waals surface area contributed by atoms with E-state index in [-0.39, 0.29) is 63.7 Å². The quantitative estimate of drug-likeness (QED) is 0.0655. The van der Waals surface area contributed by atoms with Crippen LogP contribution in [0.2, 0.25) is 0 Å². The molecule has 1 aromatic heterocycles. The predicted molar refractivity (Wildman–Crippen MR) is 251 cm³/mol. The molecule has 63 heavy (non-hydrogen) atoms. The van der Waals surface area contributed by atoms with Crippen molar-refractivity contribution in [2.45, 2.75) is 248 Å². The number of hydrogen-bond acceptors (Lipinski definition) is 7. The van der Waals surface area contributed by atoms with Gasteiger partial charge in [0.1, 0.15) is 24.9 Å². The molecule has 1 N–H and O–H groups in total. The van der Waals surface area contributed by atoms with Gasteiger partial charge in [0.25, 0.3) is 0 Å². The molecule has 4 fully saturated rings. The molecule has 9 heteroatoms. The van der Waals surface area contributed by atoms with Gasteiger partial charge in [0.05, 0.1) is 12.6 Å². The lowest BCUT2D eigenvalue weighted by Gasteiger charge is -2.71. The molecule has 0 radical (unpaired) electrons. The number of allylic oxidation sites excluding steroid dienone is 2. The summed E-state index contributed by atoms with van der Waals surface area (Å²) in [5.41, 5.74) is 2.32. The second kappa shape index (κ2) is 20.9. The molecule has 0 saturated heterocycles. The number of aromatic nitrogens is 3. The number of rotatable bonds is 23. The molecule has 5 aliphatic rings. The van der Waals surface area contributed by atoms with E-state index in [0.717, 1.165) is 77.0 Å². The van der Waals surface area contributed by atoms with Crippen molar-refractivity contribution in [2.75, 3.05) is 0 Å². The smallest absolute Gasteiger partial charge is 0.328 e. The first-order valence-electron chi connectivity index (χ1n) is 26.1. The number of fused-ring (bicyclic) bond motifs is 7. The fourth-order valence-electron chi connectivity index (χ4n) is 14.8. The first-order valence-corrected chi connectivity index (χ1v) is 26.1. The zero-order valence-electron chi connectivity index (χ0n) is 41.3. The maximum atomic E-state index is 13.5. The van der Waals surface area contributed by atoms with Gasteiger partial charge in [-0.15, -0.1) is 5.10 Å². The highest BCUT2D eigenvalue weighted by Crippen LogP contribution is 2.76. The molecule has 1 heterocycles. The molecule has 6 rings (SSSR count). The van der Waals surface area contributed by atoms with E-state index in [1.165, 1.54) is 88.2 Å². The van der Waals surface area contributed by atoms with Crippen LogP contribution in [-0.4, -0.2) is 44.1 Å². The Morgan fingerprint density at radius 2 is 1.37 bits per heavy atom. The second-order valence-corrected chi connectivity index (χ2v) is 23.8. The Morgan fingerprint density at radius 1 is 0.746 bits per heavy atom. The van der Waals surface area contributed by atoms with Gasteiger partial charge in [0.15, 0.2) is 0 Å². The minimum atomic E-state index is -0.638. The number of nitrogens with zero attached hydrogens (tertiary/aromatic N) is 3. The van der Waals surface area contributed by atoms with Crippen molar-refractivity contribution >= 4 is 17.9 Å². The van der Waals surface area contributed by atoms with Crippen LogP contribution >= 0.6 is 0 Å². The molecular formula is C54H89N3O6. The number of hydrogen-bond donors (Lipinski definition) is 1. The van der Waals surface area contributed by atoms with E-state index in [1.807, 2.05) is 0 Å². The molecule has 0 bridgehead atoms. The Bertz CT molecular complexity index is 1730. The van der Waals surface area contributed by atoms with Crippen molar-refractivity contribution in [3.8, 4) is 0 Å². The number of ether oxygens (including phenoxy) is 2. The van der Waals surface area contributed by atoms with E-state index in [1.54, 1.807) is 11.8 Å². The molecule has 8 atom stereocenters. The van der Waals surface area contributed by atoms with Gasteiger partial charge in [-0.3, -0.25) is 14.4 Å². The third-order valence-electron chi connectivity index (χ3n) is 18.8. The van der Waals surface area contributed by atoms with E-state index >= 15 is 0 Å². The Balaban J connectivity index is 0.932. The maximum absolute atomic E-state index is 13.5. The van der Waals surface area contributed by atoms with Crippen molar-refractivity contribution in [2.24, 2.45) is 50.2 Å². The number of unbranched alkanes of at least 4 members (excludes halogenated alkanes) is 14. The molecule has 0 aliphatic heterocycles. The van der Waals surface area contributed by atoms with E-state index < -0.39 is 5.97 Å². The van der Waals surface area contributed by atoms with Crippen LogP contribution in [0.25, 0.3) is 0 Å². The second-order valence-electron chi connectivity index (χ2n) is 23.8. The van der Waals surface area contributed by atoms with Crippen molar-refractivity contribution in [3.05, 3.63) is 23.5 Å². The Morgan fingerprint density at radius 3 is 2.00 bits per heavy atom. The first kappa shape index (κ1) is 49.7. The number of carbonyl (C=O) groups is 3. The van der Waals surface area contributed by atoms with Gasteiger partial charge >= 0.3 is 17.9 Å². The predicted octanol–water partition coefficient (Wildman–Crippen LogP) is 13.8. The summed E-state index contributed by atoms with van der Waals surface area (Å²) in [6, 6.07) is 0. The number of aliphatic carboxylic acids is 1. The molecule has 356 valence electrons. The average Bonchev–Trinajstić information content (AvgIpc) is 3.67. The summed E-state index contributed by atoms with van der Waals surface area (Å²) in [7, 11) is 0. The molecule has 1 aromatic rings. The van der Waals surface area contributed by atoms with E-state index in [4.69, 9.17) is 9.47 Å². The van der Waals surface area contributed by atoms with Crippen molar-refractivity contribution in [1.82, 2.24) is 15.0 Å². The lowest BCUT2D eigenvalue weighted by atomic mass is 9.33. The monoisotopic (exact) mass is 876 g/mol. The molecule has 0 spiro atoms. The highest BCUT2D eigenvalue weighted by atomic mass is 16.5. The standard InChI is InChI=1S/C54H89N3O6/c1-9-10-11-12-13-14-15-16-17-18-19-20-21-22-23-24-47(60)62-39-40-37-57(56-55-40)38-48(61)63-45-28-29-51(6)43(50(45,4)5)27-30-53(8)44(51)26-25-41-42-35-49(2,3)31-33-54(42,36-46(58)59)34-32-52(41,53)7/h25,37,42-45H,9-24,26-36,38-39H2,1-8H3,(H,58,59)/t42-,43?,44-,45+,51+,52-,53-,54-/m1/s1. The van der Waals surface area contributed by atoms with E-state index in [9.17, 15) is 19.5 Å². The van der Waals surface area contributed by atoms with E-state index in [2.05, 4.69) is 71.8 Å². The van der Waals surface area contributed by atoms with E-state index in [0.29, 0.717) is 36.3 Å². The fourth-order valence-corrected chi connectivity index (χ4v) is 14.8. The normalized spacial score (nSPS) is 32.9. The maximum Gasteiger partial charge on any atom is 0.328 e. The zero-order valence-corrected chi connectivity index (χ0v) is 41.3. The zero-order chi connectivity index (χ0) is 45.5. The number of carbonyl (C=O) groups excluding carboxylic acids is 2. The first-order chi connectivity index (χ1) is 29.9. The average molecular weight is 876 g/mol. The van der Waals surface area contributed by atoms with Gasteiger partial charge in [-0.25, -0.2) is 4.68 Å². The van der Waals surface area contributed by atoms with Crippen LogP contribution in [0.15, 0.2) is 17.8 Å². The summed E-state index contributed by atoms with van der Waals surface area (Å²) in [4.78, 5) is 38.3. The number of carboxylic acids is 1. The summed E-state index contributed by atoms with van der Waals surface area (Å²) in [5, 5.41) is 18.5. The van der Waals surface area contributed by atoms with Crippen LogP contribution in [0.1, 0.15) is 234 Å². The minimum Gasteiger partial charge on any atom is -0.481 e. The lowest BCUT2D eigenvalue weighted by Crippen LogP contribution is -2.65. The summed E-state index contributed by atoms with van der Waals surface area (Å²) in [6.07, 6.45) is 34.7.